The predicted octanol–water partition coefficient (Wildman–Crippen LogP) is 4.50. The first-order valence-corrected chi connectivity index (χ1v) is 5.73. The van der Waals surface area contributed by atoms with Crippen molar-refractivity contribution in [1.29, 1.82) is 0 Å². The zero-order chi connectivity index (χ0) is 13.3. The van der Waals surface area contributed by atoms with Crippen LogP contribution in [0.3, 0.4) is 0 Å². The number of hydrogen-bond donors (Lipinski definition) is 1. The molecule has 18 heavy (non-hydrogen) atoms. The van der Waals surface area contributed by atoms with Gasteiger partial charge in [-0.25, -0.2) is 9.18 Å². The molecule has 0 saturated carbocycles. The molecule has 0 radical (unpaired) electrons. The van der Waals surface area contributed by atoms with Crippen LogP contribution in [-0.2, 0) is 0 Å². The van der Waals surface area contributed by atoms with Crippen molar-refractivity contribution in [2.45, 2.75) is 0 Å². The van der Waals surface area contributed by atoms with Gasteiger partial charge < -0.3 is 5.11 Å². The molecule has 0 spiro atoms. The Hall–Kier alpha value is -1.58. The normalized spacial score (nSPS) is 10.4. The SMILES string of the molecule is O=C(O)c1cc(-c2cc(Cl)ccc2Cl)ccc1F. The van der Waals surface area contributed by atoms with Crippen LogP contribution < -0.4 is 0 Å². The molecule has 0 atom stereocenters. The lowest BCUT2D eigenvalue weighted by molar-refractivity contribution is 0.0692. The Kier molecular flexibility index (Phi) is 3.55. The summed E-state index contributed by atoms with van der Waals surface area (Å²) in [5, 5.41) is 9.75. The van der Waals surface area contributed by atoms with E-state index in [-0.39, 0.29) is 0 Å². The number of benzene rings is 2. The molecular formula is C13H7Cl2FO2. The molecule has 5 heteroatoms. The first kappa shape index (κ1) is 12.9. The predicted molar refractivity (Wildman–Crippen MR) is 68.8 cm³/mol. The van der Waals surface area contributed by atoms with Crippen molar-refractivity contribution in [1.82, 2.24) is 0 Å². The highest BCUT2D eigenvalue weighted by molar-refractivity contribution is 6.35. The second-order valence-electron chi connectivity index (χ2n) is 3.62. The van der Waals surface area contributed by atoms with Crippen LogP contribution in [0.5, 0.6) is 0 Å². The summed E-state index contributed by atoms with van der Waals surface area (Å²) < 4.78 is 13.3. The third kappa shape index (κ3) is 2.47. The summed E-state index contributed by atoms with van der Waals surface area (Å²) >= 11 is 11.9. The van der Waals surface area contributed by atoms with Crippen molar-refractivity contribution in [3.63, 3.8) is 0 Å². The molecule has 92 valence electrons. The maximum absolute atomic E-state index is 13.3. The summed E-state index contributed by atoms with van der Waals surface area (Å²) in [7, 11) is 0. The molecule has 0 heterocycles. The average molecular weight is 285 g/mol. The minimum Gasteiger partial charge on any atom is -0.478 e. The Bertz CT molecular complexity index is 626. The first-order chi connectivity index (χ1) is 8.49. The fourth-order valence-electron chi connectivity index (χ4n) is 1.58. The third-order valence-electron chi connectivity index (χ3n) is 2.44. The van der Waals surface area contributed by atoms with Gasteiger partial charge in [-0.05, 0) is 35.9 Å². The van der Waals surface area contributed by atoms with E-state index in [0.717, 1.165) is 6.07 Å². The zero-order valence-electron chi connectivity index (χ0n) is 8.95. The Morgan fingerprint density at radius 2 is 1.83 bits per heavy atom. The van der Waals surface area contributed by atoms with E-state index in [1.165, 1.54) is 12.1 Å². The van der Waals surface area contributed by atoms with Crippen LogP contribution >= 0.6 is 23.2 Å². The molecule has 0 saturated heterocycles. The van der Waals surface area contributed by atoms with Crippen molar-refractivity contribution in [3.05, 3.63) is 57.8 Å². The van der Waals surface area contributed by atoms with E-state index in [2.05, 4.69) is 0 Å². The summed E-state index contributed by atoms with van der Waals surface area (Å²) in [6, 6.07) is 8.60. The number of aromatic carboxylic acids is 1. The fraction of sp³-hybridized carbons (Fsp3) is 0. The number of carboxylic acids is 1. The third-order valence-corrected chi connectivity index (χ3v) is 3.00. The van der Waals surface area contributed by atoms with Gasteiger partial charge in [-0.15, -0.1) is 0 Å². The number of carbonyl (C=O) groups is 1. The minimum absolute atomic E-state index is 0.399. The molecule has 0 aliphatic rings. The molecule has 1 N–H and O–H groups in total. The van der Waals surface area contributed by atoms with Crippen LogP contribution in [0.15, 0.2) is 36.4 Å². The standard InChI is InChI=1S/C13H7Cl2FO2/c14-8-2-3-11(15)9(6-8)7-1-4-12(16)10(5-7)13(17)18/h1-6H,(H,17,18). The van der Waals surface area contributed by atoms with Crippen molar-refractivity contribution in [2.24, 2.45) is 0 Å². The van der Waals surface area contributed by atoms with Gasteiger partial charge in [-0.2, -0.15) is 0 Å². The quantitative estimate of drug-likeness (QED) is 0.882. The smallest absolute Gasteiger partial charge is 0.338 e. The van der Waals surface area contributed by atoms with Gasteiger partial charge in [0, 0.05) is 15.6 Å². The molecule has 0 bridgehead atoms. The molecule has 2 nitrogen and oxygen atoms in total. The molecule has 2 aromatic carbocycles. The van der Waals surface area contributed by atoms with Crippen molar-refractivity contribution in [2.75, 3.05) is 0 Å². The Morgan fingerprint density at radius 1 is 1.11 bits per heavy atom. The minimum atomic E-state index is -1.33. The Labute approximate surface area is 113 Å². The molecule has 0 aromatic heterocycles. The molecule has 0 aliphatic heterocycles. The highest BCUT2D eigenvalue weighted by Gasteiger charge is 2.13. The number of hydrogen-bond acceptors (Lipinski definition) is 1. The maximum atomic E-state index is 13.3. The van der Waals surface area contributed by atoms with E-state index in [9.17, 15) is 9.18 Å². The molecule has 0 unspecified atom stereocenters. The van der Waals surface area contributed by atoms with Crippen LogP contribution in [0.4, 0.5) is 4.39 Å². The van der Waals surface area contributed by atoms with Gasteiger partial charge >= 0.3 is 5.97 Å². The van der Waals surface area contributed by atoms with Crippen molar-refractivity contribution >= 4 is 29.2 Å². The van der Waals surface area contributed by atoms with Gasteiger partial charge in [-0.3, -0.25) is 0 Å². The van der Waals surface area contributed by atoms with Crippen molar-refractivity contribution < 1.29 is 14.3 Å². The van der Waals surface area contributed by atoms with Crippen LogP contribution in [0.1, 0.15) is 10.4 Å². The molecule has 2 rings (SSSR count). The summed E-state index contributed by atoms with van der Waals surface area (Å²) in [5.74, 6) is -2.11. The topological polar surface area (TPSA) is 37.3 Å². The Balaban J connectivity index is 2.61. The maximum Gasteiger partial charge on any atom is 0.338 e. The second-order valence-corrected chi connectivity index (χ2v) is 4.47. The molecule has 0 fully saturated rings. The lowest BCUT2D eigenvalue weighted by Crippen LogP contribution is -2.00. The average Bonchev–Trinajstić information content (AvgIpc) is 2.33. The van der Waals surface area contributed by atoms with Crippen LogP contribution in [0, 0.1) is 5.82 Å². The van der Waals surface area contributed by atoms with Crippen LogP contribution in [0.2, 0.25) is 10.0 Å². The largest absolute Gasteiger partial charge is 0.478 e. The number of rotatable bonds is 2. The van der Waals surface area contributed by atoms with E-state index >= 15 is 0 Å². The lowest BCUT2D eigenvalue weighted by Gasteiger charge is -2.07. The van der Waals surface area contributed by atoms with E-state index in [1.807, 2.05) is 0 Å². The summed E-state index contributed by atoms with van der Waals surface area (Å²) in [4.78, 5) is 10.9. The highest BCUT2D eigenvalue weighted by Crippen LogP contribution is 2.31. The number of halogens is 3. The van der Waals surface area contributed by atoms with E-state index in [1.54, 1.807) is 18.2 Å². The molecule has 0 amide bonds. The summed E-state index contributed by atoms with van der Waals surface area (Å²) in [6.07, 6.45) is 0. The van der Waals surface area contributed by atoms with Gasteiger partial charge in [0.05, 0.1) is 5.56 Å². The van der Waals surface area contributed by atoms with Gasteiger partial charge in [0.2, 0.25) is 0 Å². The molecular weight excluding hydrogens is 278 g/mol. The summed E-state index contributed by atoms with van der Waals surface area (Å²) in [5.41, 5.74) is 0.663. The monoisotopic (exact) mass is 284 g/mol. The summed E-state index contributed by atoms with van der Waals surface area (Å²) in [6.45, 7) is 0. The lowest BCUT2D eigenvalue weighted by atomic mass is 10.0. The van der Waals surface area contributed by atoms with Crippen LogP contribution in [-0.4, -0.2) is 11.1 Å². The van der Waals surface area contributed by atoms with Gasteiger partial charge in [0.25, 0.3) is 0 Å². The van der Waals surface area contributed by atoms with E-state index < -0.39 is 17.3 Å². The van der Waals surface area contributed by atoms with E-state index in [4.69, 9.17) is 28.3 Å². The molecule has 2 aromatic rings. The second kappa shape index (κ2) is 4.96. The van der Waals surface area contributed by atoms with E-state index in [0.29, 0.717) is 21.2 Å². The number of carboxylic acid groups (broad SMARTS) is 1. The Morgan fingerprint density at radius 3 is 2.50 bits per heavy atom. The fourth-order valence-corrected chi connectivity index (χ4v) is 1.97. The van der Waals surface area contributed by atoms with Gasteiger partial charge in [0.1, 0.15) is 5.82 Å². The van der Waals surface area contributed by atoms with Crippen molar-refractivity contribution in [3.8, 4) is 11.1 Å². The van der Waals surface area contributed by atoms with Gasteiger partial charge in [0.15, 0.2) is 0 Å². The van der Waals surface area contributed by atoms with Crippen LogP contribution in [0.25, 0.3) is 11.1 Å². The first-order valence-electron chi connectivity index (χ1n) is 4.97. The van der Waals surface area contributed by atoms with Gasteiger partial charge in [-0.1, -0.05) is 29.3 Å². The molecule has 0 aliphatic carbocycles. The zero-order valence-corrected chi connectivity index (χ0v) is 10.5. The highest BCUT2D eigenvalue weighted by atomic mass is 35.5.